The van der Waals surface area contributed by atoms with E-state index >= 15 is 0 Å². The number of hydrogen-bond acceptors (Lipinski definition) is 3. The van der Waals surface area contributed by atoms with Gasteiger partial charge >= 0.3 is 5.97 Å². The number of carbonyl (C=O) groups excluding carboxylic acids is 1. The summed E-state index contributed by atoms with van der Waals surface area (Å²) in [5.74, 6) is 1.39. The molecule has 2 N–H and O–H groups in total. The summed E-state index contributed by atoms with van der Waals surface area (Å²) in [6, 6.07) is 0. The van der Waals surface area contributed by atoms with E-state index in [2.05, 4.69) is 36.9 Å². The minimum absolute atomic E-state index is 0.0988. The largest absolute Gasteiger partial charge is 0.481 e. The van der Waals surface area contributed by atoms with Crippen molar-refractivity contribution in [2.45, 2.75) is 90.9 Å². The van der Waals surface area contributed by atoms with Gasteiger partial charge in [0.2, 0.25) is 5.91 Å². The van der Waals surface area contributed by atoms with Crippen molar-refractivity contribution in [3.8, 4) is 12.3 Å². The monoisotopic (exact) mass is 367 g/mol. The van der Waals surface area contributed by atoms with Gasteiger partial charge in [0, 0.05) is 12.8 Å². The lowest BCUT2D eigenvalue weighted by molar-refractivity contribution is -0.137. The molecule has 0 bridgehead atoms. The third-order valence-electron chi connectivity index (χ3n) is 3.49. The lowest BCUT2D eigenvalue weighted by Crippen LogP contribution is -2.23. The number of allylic oxidation sites excluding steroid dienone is 2. The Hall–Kier alpha value is -1.80. The molecule has 0 aliphatic carbocycles. The summed E-state index contributed by atoms with van der Waals surface area (Å²) in [5, 5.41) is 8.50. The first kappa shape index (κ1) is 26.4. The summed E-state index contributed by atoms with van der Waals surface area (Å²) in [6.45, 7) is 4.39. The van der Waals surface area contributed by atoms with E-state index in [0.29, 0.717) is 19.4 Å². The average molecular weight is 368 g/mol. The maximum absolute atomic E-state index is 11.5. The summed E-state index contributed by atoms with van der Waals surface area (Å²) in [5.41, 5.74) is 2.45. The highest BCUT2D eigenvalue weighted by Crippen LogP contribution is 2.05. The van der Waals surface area contributed by atoms with Crippen LogP contribution in [0.1, 0.15) is 90.9 Å². The molecule has 0 aromatic carbocycles. The number of unbranched alkanes of at least 4 members (excludes halogenated alkanes) is 7. The normalized spacial score (nSPS) is 10.0. The number of rotatable bonds is 16. The lowest BCUT2D eigenvalue weighted by Gasteiger charge is -2.05. The highest BCUT2D eigenvalue weighted by atomic mass is 16.6. The van der Waals surface area contributed by atoms with Gasteiger partial charge in [-0.25, -0.2) is 5.48 Å². The maximum atomic E-state index is 11.5. The van der Waals surface area contributed by atoms with E-state index in [1.165, 1.54) is 19.3 Å². The molecule has 0 fully saturated rings. The van der Waals surface area contributed by atoms with Crippen molar-refractivity contribution in [2.75, 3.05) is 6.61 Å². The Morgan fingerprint density at radius 1 is 1.00 bits per heavy atom. The fraction of sp³-hybridized carbons (Fsp3) is 0.714. The number of hydrogen-bond donors (Lipinski definition) is 2. The zero-order valence-electron chi connectivity index (χ0n) is 16.6. The van der Waals surface area contributed by atoms with Crippen molar-refractivity contribution >= 4 is 11.9 Å². The maximum Gasteiger partial charge on any atom is 0.303 e. The second-order valence-corrected chi connectivity index (χ2v) is 6.08. The van der Waals surface area contributed by atoms with Crippen LogP contribution in [0.5, 0.6) is 0 Å². The predicted octanol–water partition coefficient (Wildman–Crippen LogP) is 5.02. The SMILES string of the molecule is C#CC.CCCCC/C=C\CCCONC(=O)CCCCCCC(=O)O. The smallest absolute Gasteiger partial charge is 0.303 e. The van der Waals surface area contributed by atoms with Crippen LogP contribution in [0.15, 0.2) is 12.2 Å². The van der Waals surface area contributed by atoms with Crippen LogP contribution in [0.3, 0.4) is 0 Å². The minimum Gasteiger partial charge on any atom is -0.481 e. The topological polar surface area (TPSA) is 75.6 Å². The van der Waals surface area contributed by atoms with Crippen molar-refractivity contribution in [3.05, 3.63) is 12.2 Å². The van der Waals surface area contributed by atoms with Gasteiger partial charge in [-0.05, 0) is 45.4 Å². The summed E-state index contributed by atoms with van der Waals surface area (Å²) in [6.07, 6.45) is 19.7. The van der Waals surface area contributed by atoms with Crippen molar-refractivity contribution in [1.29, 1.82) is 0 Å². The molecule has 0 aliphatic heterocycles. The molecule has 5 heteroatoms. The van der Waals surface area contributed by atoms with Crippen LogP contribution in [0.25, 0.3) is 0 Å². The Morgan fingerprint density at radius 2 is 1.58 bits per heavy atom. The second-order valence-electron chi connectivity index (χ2n) is 6.08. The van der Waals surface area contributed by atoms with Gasteiger partial charge < -0.3 is 5.11 Å². The van der Waals surface area contributed by atoms with Gasteiger partial charge in [0.25, 0.3) is 0 Å². The van der Waals surface area contributed by atoms with E-state index in [0.717, 1.165) is 38.5 Å². The number of carboxylic acids is 1. The summed E-state index contributed by atoms with van der Waals surface area (Å²) >= 11 is 0. The van der Waals surface area contributed by atoms with E-state index < -0.39 is 5.97 Å². The number of aliphatic carboxylic acids is 1. The molecule has 0 atom stereocenters. The number of terminal acetylenes is 1. The molecule has 0 saturated heterocycles. The van der Waals surface area contributed by atoms with E-state index in [9.17, 15) is 9.59 Å². The zero-order chi connectivity index (χ0) is 19.9. The Bertz CT molecular complexity index is 399. The van der Waals surface area contributed by atoms with Gasteiger partial charge in [-0.3, -0.25) is 14.4 Å². The third kappa shape index (κ3) is 27.1. The van der Waals surface area contributed by atoms with Crippen molar-refractivity contribution in [3.63, 3.8) is 0 Å². The lowest BCUT2D eigenvalue weighted by atomic mass is 10.1. The van der Waals surface area contributed by atoms with Crippen LogP contribution in [0.4, 0.5) is 0 Å². The number of carbonyl (C=O) groups is 2. The fourth-order valence-corrected chi connectivity index (χ4v) is 2.12. The number of nitrogens with one attached hydrogen (secondary N) is 1. The third-order valence-corrected chi connectivity index (χ3v) is 3.49. The Kier molecular flexibility index (Phi) is 23.6. The molecular weight excluding hydrogens is 330 g/mol. The first-order valence-corrected chi connectivity index (χ1v) is 9.73. The molecule has 5 nitrogen and oxygen atoms in total. The first-order chi connectivity index (χ1) is 12.6. The molecule has 26 heavy (non-hydrogen) atoms. The molecule has 0 spiro atoms. The van der Waals surface area contributed by atoms with Crippen molar-refractivity contribution < 1.29 is 19.5 Å². The van der Waals surface area contributed by atoms with Gasteiger partial charge in [-0.2, -0.15) is 0 Å². The predicted molar refractivity (Wildman–Crippen MR) is 106 cm³/mol. The molecular formula is C21H37NO4. The quantitative estimate of drug-likeness (QED) is 0.174. The van der Waals surface area contributed by atoms with E-state index in [1.54, 1.807) is 6.92 Å². The zero-order valence-corrected chi connectivity index (χ0v) is 16.6. The van der Waals surface area contributed by atoms with Crippen molar-refractivity contribution in [1.82, 2.24) is 5.48 Å². The van der Waals surface area contributed by atoms with Gasteiger partial charge in [0.1, 0.15) is 0 Å². The molecule has 0 unspecified atom stereocenters. The summed E-state index contributed by atoms with van der Waals surface area (Å²) in [4.78, 5) is 26.9. The van der Waals surface area contributed by atoms with Crippen LogP contribution in [0, 0.1) is 12.3 Å². The highest BCUT2D eigenvalue weighted by molar-refractivity contribution is 5.74. The molecule has 0 rings (SSSR count). The summed E-state index contributed by atoms with van der Waals surface area (Å²) < 4.78 is 0. The van der Waals surface area contributed by atoms with Gasteiger partial charge in [-0.1, -0.05) is 44.8 Å². The second kappa shape index (κ2) is 23.2. The average Bonchev–Trinajstić information content (AvgIpc) is 2.60. The standard InChI is InChI=1S/C18H33NO4.C3H4/c1-2-3-4-5-6-7-10-13-16-23-19-17(20)14-11-8-9-12-15-18(21)22;1-3-2/h6-7H,2-5,8-16H2,1H3,(H,19,20)(H,21,22);1H,2H3/b7-6-;. The molecule has 0 heterocycles. The van der Waals surface area contributed by atoms with Gasteiger partial charge in [0.15, 0.2) is 0 Å². The Labute approximate surface area is 159 Å². The van der Waals surface area contributed by atoms with Crippen LogP contribution in [-0.4, -0.2) is 23.6 Å². The van der Waals surface area contributed by atoms with Gasteiger partial charge in [0.05, 0.1) is 6.61 Å². The van der Waals surface area contributed by atoms with Crippen LogP contribution < -0.4 is 5.48 Å². The van der Waals surface area contributed by atoms with Crippen molar-refractivity contribution in [2.24, 2.45) is 0 Å². The molecule has 0 saturated carbocycles. The molecule has 1 amide bonds. The van der Waals surface area contributed by atoms with Crippen LogP contribution >= 0.6 is 0 Å². The first-order valence-electron chi connectivity index (χ1n) is 9.73. The Balaban J connectivity index is 0. The van der Waals surface area contributed by atoms with E-state index in [1.807, 2.05) is 0 Å². The number of carboxylic acid groups (broad SMARTS) is 1. The molecule has 150 valence electrons. The number of hydroxylamine groups is 1. The number of amides is 1. The molecule has 0 aromatic heterocycles. The minimum atomic E-state index is -0.757. The van der Waals surface area contributed by atoms with E-state index in [4.69, 9.17) is 9.94 Å². The molecule has 0 radical (unpaired) electrons. The molecule has 0 aromatic rings. The van der Waals surface area contributed by atoms with Gasteiger partial charge in [-0.15, -0.1) is 12.3 Å². The van der Waals surface area contributed by atoms with Crippen LogP contribution in [-0.2, 0) is 14.4 Å². The summed E-state index contributed by atoms with van der Waals surface area (Å²) in [7, 11) is 0. The molecule has 0 aliphatic rings. The van der Waals surface area contributed by atoms with Crippen LogP contribution in [0.2, 0.25) is 0 Å². The Morgan fingerprint density at radius 3 is 2.15 bits per heavy atom. The fourth-order valence-electron chi connectivity index (χ4n) is 2.12. The highest BCUT2D eigenvalue weighted by Gasteiger charge is 2.01. The van der Waals surface area contributed by atoms with E-state index in [-0.39, 0.29) is 12.3 Å².